The SMILES string of the molecule is O=C(Cn1nnc2ccccc2c1=O)Nc1ccc(-n2cnnn2)cc1. The third-order valence-electron chi connectivity index (χ3n) is 3.69. The molecule has 1 amide bonds. The Bertz CT molecular complexity index is 1120. The molecule has 0 radical (unpaired) electrons. The van der Waals surface area contributed by atoms with Crippen LogP contribution in [-0.4, -0.2) is 41.1 Å². The third kappa shape index (κ3) is 3.02. The molecule has 2 heterocycles. The van der Waals surface area contributed by atoms with Crippen molar-refractivity contribution in [3.63, 3.8) is 0 Å². The molecule has 0 saturated heterocycles. The number of benzene rings is 2. The Morgan fingerprint density at radius 3 is 2.62 bits per heavy atom. The summed E-state index contributed by atoms with van der Waals surface area (Å²) in [6, 6.07) is 13.8. The van der Waals surface area contributed by atoms with Gasteiger partial charge in [-0.2, -0.15) is 0 Å². The summed E-state index contributed by atoms with van der Waals surface area (Å²) in [5.41, 5.74) is 1.46. The van der Waals surface area contributed by atoms with E-state index >= 15 is 0 Å². The summed E-state index contributed by atoms with van der Waals surface area (Å²) in [6.45, 7) is -0.231. The molecule has 10 heteroatoms. The maximum absolute atomic E-state index is 12.4. The average molecular weight is 348 g/mol. The van der Waals surface area contributed by atoms with E-state index in [0.29, 0.717) is 16.6 Å². The zero-order valence-corrected chi connectivity index (χ0v) is 13.4. The van der Waals surface area contributed by atoms with E-state index in [1.165, 1.54) is 11.0 Å². The number of aromatic nitrogens is 7. The molecule has 0 unspecified atom stereocenters. The Balaban J connectivity index is 1.49. The Labute approximate surface area is 146 Å². The van der Waals surface area contributed by atoms with E-state index in [9.17, 15) is 9.59 Å². The van der Waals surface area contributed by atoms with Crippen LogP contribution in [0.1, 0.15) is 0 Å². The number of rotatable bonds is 4. The second-order valence-corrected chi connectivity index (χ2v) is 5.42. The first-order valence-electron chi connectivity index (χ1n) is 7.66. The molecule has 0 aliphatic rings. The van der Waals surface area contributed by atoms with Crippen LogP contribution in [0.2, 0.25) is 0 Å². The van der Waals surface area contributed by atoms with E-state index in [4.69, 9.17) is 0 Å². The topological polar surface area (TPSA) is 120 Å². The quantitative estimate of drug-likeness (QED) is 0.567. The number of carbonyl (C=O) groups is 1. The molecule has 0 bridgehead atoms. The lowest BCUT2D eigenvalue weighted by atomic mass is 10.2. The molecular weight excluding hydrogens is 336 g/mol. The number of amides is 1. The monoisotopic (exact) mass is 348 g/mol. The summed E-state index contributed by atoms with van der Waals surface area (Å²) < 4.78 is 2.53. The highest BCUT2D eigenvalue weighted by atomic mass is 16.2. The molecule has 0 aliphatic heterocycles. The van der Waals surface area contributed by atoms with Gasteiger partial charge in [0.2, 0.25) is 5.91 Å². The normalized spacial score (nSPS) is 10.8. The van der Waals surface area contributed by atoms with E-state index in [2.05, 4.69) is 31.2 Å². The molecule has 0 atom stereocenters. The van der Waals surface area contributed by atoms with Gasteiger partial charge in [0.15, 0.2) is 0 Å². The fourth-order valence-electron chi connectivity index (χ4n) is 2.44. The lowest BCUT2D eigenvalue weighted by molar-refractivity contribution is -0.117. The molecule has 0 spiro atoms. The molecule has 0 saturated carbocycles. The average Bonchev–Trinajstić information content (AvgIpc) is 3.20. The second kappa shape index (κ2) is 6.51. The molecule has 2 aromatic carbocycles. The smallest absolute Gasteiger partial charge is 0.278 e. The second-order valence-electron chi connectivity index (χ2n) is 5.42. The minimum absolute atomic E-state index is 0.231. The molecule has 26 heavy (non-hydrogen) atoms. The number of hydrogen-bond acceptors (Lipinski definition) is 7. The molecule has 1 N–H and O–H groups in total. The van der Waals surface area contributed by atoms with Gasteiger partial charge in [0.1, 0.15) is 18.4 Å². The largest absolute Gasteiger partial charge is 0.324 e. The lowest BCUT2D eigenvalue weighted by Crippen LogP contribution is -2.30. The first kappa shape index (κ1) is 15.6. The van der Waals surface area contributed by atoms with Gasteiger partial charge in [0, 0.05) is 5.69 Å². The van der Waals surface area contributed by atoms with Gasteiger partial charge in [-0.1, -0.05) is 17.3 Å². The highest BCUT2D eigenvalue weighted by Crippen LogP contribution is 2.12. The van der Waals surface area contributed by atoms with Gasteiger partial charge >= 0.3 is 0 Å². The number of nitrogens with one attached hydrogen (secondary N) is 1. The third-order valence-corrected chi connectivity index (χ3v) is 3.69. The number of fused-ring (bicyclic) bond motifs is 1. The van der Waals surface area contributed by atoms with Gasteiger partial charge < -0.3 is 5.32 Å². The number of nitrogens with zero attached hydrogens (tertiary/aromatic N) is 7. The molecule has 0 aliphatic carbocycles. The zero-order chi connectivity index (χ0) is 17.9. The van der Waals surface area contributed by atoms with Crippen molar-refractivity contribution in [2.24, 2.45) is 0 Å². The highest BCUT2D eigenvalue weighted by molar-refractivity contribution is 5.90. The number of anilines is 1. The van der Waals surface area contributed by atoms with Crippen LogP contribution in [-0.2, 0) is 11.3 Å². The lowest BCUT2D eigenvalue weighted by Gasteiger charge is -2.07. The summed E-state index contributed by atoms with van der Waals surface area (Å²) in [7, 11) is 0. The van der Waals surface area contributed by atoms with Gasteiger partial charge in [0.25, 0.3) is 5.56 Å². The van der Waals surface area contributed by atoms with Crippen molar-refractivity contribution in [2.45, 2.75) is 6.54 Å². The Morgan fingerprint density at radius 1 is 1.04 bits per heavy atom. The van der Waals surface area contributed by atoms with E-state index in [-0.39, 0.29) is 18.0 Å². The predicted molar refractivity (Wildman–Crippen MR) is 91.6 cm³/mol. The minimum atomic E-state index is -0.383. The summed E-state index contributed by atoms with van der Waals surface area (Å²) >= 11 is 0. The first-order chi connectivity index (χ1) is 12.7. The zero-order valence-electron chi connectivity index (χ0n) is 13.4. The van der Waals surface area contributed by atoms with Gasteiger partial charge in [-0.3, -0.25) is 9.59 Å². The van der Waals surface area contributed by atoms with E-state index in [1.54, 1.807) is 48.5 Å². The summed E-state index contributed by atoms with van der Waals surface area (Å²) in [6.07, 6.45) is 1.47. The maximum Gasteiger partial charge on any atom is 0.278 e. The molecule has 0 fully saturated rings. The van der Waals surface area contributed by atoms with Crippen molar-refractivity contribution in [3.05, 3.63) is 65.2 Å². The predicted octanol–water partition coefficient (Wildman–Crippen LogP) is 0.406. The first-order valence-corrected chi connectivity index (χ1v) is 7.66. The number of tetrazole rings is 1. The van der Waals surface area contributed by atoms with Gasteiger partial charge in [0.05, 0.1) is 11.1 Å². The minimum Gasteiger partial charge on any atom is -0.324 e. The summed E-state index contributed by atoms with van der Waals surface area (Å²) in [5.74, 6) is -0.383. The molecule has 4 rings (SSSR count). The Hall–Kier alpha value is -3.95. The van der Waals surface area contributed by atoms with Gasteiger partial charge in [-0.05, 0) is 46.8 Å². The van der Waals surface area contributed by atoms with Crippen LogP contribution in [0, 0.1) is 0 Å². The molecular formula is C16H12N8O2. The number of carbonyl (C=O) groups excluding carboxylic acids is 1. The maximum atomic E-state index is 12.4. The molecule has 2 aromatic heterocycles. The van der Waals surface area contributed by atoms with E-state index in [1.807, 2.05) is 0 Å². The van der Waals surface area contributed by atoms with Crippen LogP contribution in [0.4, 0.5) is 5.69 Å². The Morgan fingerprint density at radius 2 is 1.85 bits per heavy atom. The van der Waals surface area contributed by atoms with Crippen molar-refractivity contribution >= 4 is 22.5 Å². The van der Waals surface area contributed by atoms with E-state index < -0.39 is 0 Å². The van der Waals surface area contributed by atoms with Crippen LogP contribution in [0.5, 0.6) is 0 Å². The molecule has 128 valence electrons. The fraction of sp³-hybridized carbons (Fsp3) is 0.0625. The standard InChI is InChI=1S/C16H12N8O2/c25-15(9-23-16(26)13-3-1-2-4-14(13)19-21-23)18-11-5-7-12(8-6-11)24-10-17-20-22-24/h1-8,10H,9H2,(H,18,25). The van der Waals surface area contributed by atoms with Crippen LogP contribution >= 0.6 is 0 Å². The van der Waals surface area contributed by atoms with Gasteiger partial charge in [-0.25, -0.2) is 9.36 Å². The van der Waals surface area contributed by atoms with Crippen LogP contribution in [0.25, 0.3) is 16.6 Å². The summed E-state index contributed by atoms with van der Waals surface area (Å²) in [5, 5.41) is 21.8. The highest BCUT2D eigenvalue weighted by Gasteiger charge is 2.10. The van der Waals surface area contributed by atoms with Gasteiger partial charge in [-0.15, -0.1) is 10.2 Å². The Kier molecular flexibility index (Phi) is 3.90. The van der Waals surface area contributed by atoms with Crippen molar-refractivity contribution in [2.75, 3.05) is 5.32 Å². The van der Waals surface area contributed by atoms with Crippen molar-refractivity contribution < 1.29 is 4.79 Å². The van der Waals surface area contributed by atoms with Crippen LogP contribution in [0.3, 0.4) is 0 Å². The van der Waals surface area contributed by atoms with Crippen molar-refractivity contribution in [1.82, 2.24) is 35.2 Å². The van der Waals surface area contributed by atoms with E-state index in [0.717, 1.165) is 10.4 Å². The van der Waals surface area contributed by atoms with Crippen LogP contribution in [0.15, 0.2) is 59.7 Å². The van der Waals surface area contributed by atoms with Crippen molar-refractivity contribution in [1.29, 1.82) is 0 Å². The molecule has 10 nitrogen and oxygen atoms in total. The summed E-state index contributed by atoms with van der Waals surface area (Å²) in [4.78, 5) is 24.6. The molecule has 4 aromatic rings. The fourth-order valence-corrected chi connectivity index (χ4v) is 2.44. The van der Waals surface area contributed by atoms with Crippen LogP contribution < -0.4 is 10.9 Å². The van der Waals surface area contributed by atoms with Crippen molar-refractivity contribution in [3.8, 4) is 5.69 Å². The number of hydrogen-bond donors (Lipinski definition) is 1.